The van der Waals surface area contributed by atoms with Crippen molar-refractivity contribution >= 4 is 5.78 Å². The Hall–Kier alpha value is -1.25. The SMILES string of the molecule is C=C1C(=O)[C@]23[C@H](O)[C@H]1CC[C@H]2[C@@]12CO[C@@]3(O)[C@@H](O)[C@@H]1C(C)(C)CC1=C2O[C@@H](OCC)CC1. The number of ether oxygens (including phenoxy) is 3. The fourth-order valence-electron chi connectivity index (χ4n) is 8.97. The van der Waals surface area contributed by atoms with Crippen LogP contribution in [0.2, 0.25) is 0 Å². The van der Waals surface area contributed by atoms with Crippen LogP contribution in [-0.4, -0.2) is 58.6 Å². The third-order valence-corrected chi connectivity index (χ3v) is 9.83. The molecular weight excluding hydrogens is 412 g/mol. The van der Waals surface area contributed by atoms with Gasteiger partial charge in [-0.3, -0.25) is 4.79 Å². The van der Waals surface area contributed by atoms with Gasteiger partial charge in [0.15, 0.2) is 12.1 Å². The van der Waals surface area contributed by atoms with Crippen molar-refractivity contribution in [2.24, 2.45) is 34.0 Å². The first kappa shape index (κ1) is 21.3. The molecule has 3 N–H and O–H groups in total. The molecule has 7 heteroatoms. The maximum atomic E-state index is 13.8. The number of fused-ring (bicyclic) bond motifs is 2. The van der Waals surface area contributed by atoms with Gasteiger partial charge in [0.25, 0.3) is 0 Å². The first-order valence-corrected chi connectivity index (χ1v) is 12.0. The molecular formula is C25H34O7. The Kier molecular flexibility index (Phi) is 4.16. The Morgan fingerprint density at radius 2 is 1.94 bits per heavy atom. The van der Waals surface area contributed by atoms with E-state index in [1.54, 1.807) is 0 Å². The van der Waals surface area contributed by atoms with E-state index in [9.17, 15) is 20.1 Å². The summed E-state index contributed by atoms with van der Waals surface area (Å²) in [5, 5.41) is 35.2. The van der Waals surface area contributed by atoms with Crippen LogP contribution in [0, 0.1) is 34.0 Å². The lowest BCUT2D eigenvalue weighted by Gasteiger charge is -2.73. The zero-order valence-corrected chi connectivity index (χ0v) is 19.1. The third-order valence-electron chi connectivity index (χ3n) is 9.83. The monoisotopic (exact) mass is 446 g/mol. The summed E-state index contributed by atoms with van der Waals surface area (Å²) >= 11 is 0. The molecule has 7 rings (SSSR count). The lowest BCUT2D eigenvalue weighted by molar-refractivity contribution is -0.444. The Morgan fingerprint density at radius 1 is 1.19 bits per heavy atom. The van der Waals surface area contributed by atoms with Crippen LogP contribution < -0.4 is 0 Å². The van der Waals surface area contributed by atoms with E-state index in [2.05, 4.69) is 20.4 Å². The minimum Gasteiger partial charge on any atom is -0.469 e. The van der Waals surface area contributed by atoms with Crippen molar-refractivity contribution in [3.63, 3.8) is 0 Å². The van der Waals surface area contributed by atoms with Crippen molar-refractivity contribution in [2.45, 2.75) is 77.2 Å². The smallest absolute Gasteiger partial charge is 0.208 e. The molecule has 7 nitrogen and oxygen atoms in total. The van der Waals surface area contributed by atoms with E-state index in [4.69, 9.17) is 14.2 Å². The topological polar surface area (TPSA) is 105 Å². The van der Waals surface area contributed by atoms with Crippen molar-refractivity contribution < 1.29 is 34.3 Å². The number of aliphatic hydroxyl groups is 3. The lowest BCUT2D eigenvalue weighted by atomic mass is 9.36. The fourth-order valence-corrected chi connectivity index (χ4v) is 8.97. The van der Waals surface area contributed by atoms with Crippen molar-refractivity contribution in [1.29, 1.82) is 0 Å². The standard InChI is InChI=1S/C25H34O7/c1-5-30-16-9-6-13-10-22(3,4)17-20(28)25(29)24-15(23(17,11-31-25)21(13)32-16)8-7-14(19(24)27)12(2)18(24)26/h14-17,19-20,27-29H,2,5-11H2,1,3-4H3/t14-,15-,16+,17+,19+,20-,23-,24-,25-/m0/s1. The molecule has 3 saturated carbocycles. The summed E-state index contributed by atoms with van der Waals surface area (Å²) < 4.78 is 18.4. The number of Topliss-reactive ketones (excluding diaryl/α,β-unsaturated/α-hetero) is 1. The first-order valence-electron chi connectivity index (χ1n) is 12.0. The molecule has 4 aliphatic carbocycles. The normalized spacial score (nSPS) is 52.9. The molecule has 9 atom stereocenters. The third kappa shape index (κ3) is 2.02. The maximum absolute atomic E-state index is 13.8. The van der Waals surface area contributed by atoms with Crippen LogP contribution in [0.15, 0.2) is 23.5 Å². The van der Waals surface area contributed by atoms with Crippen LogP contribution in [-0.2, 0) is 19.0 Å². The first-order chi connectivity index (χ1) is 15.1. The Morgan fingerprint density at radius 3 is 2.66 bits per heavy atom. The second-order valence-corrected chi connectivity index (χ2v) is 11.5. The van der Waals surface area contributed by atoms with Crippen molar-refractivity contribution in [2.75, 3.05) is 13.2 Å². The molecule has 0 aromatic heterocycles. The van der Waals surface area contributed by atoms with E-state index in [1.165, 1.54) is 5.57 Å². The van der Waals surface area contributed by atoms with Gasteiger partial charge < -0.3 is 29.5 Å². The van der Waals surface area contributed by atoms with E-state index < -0.39 is 40.7 Å². The van der Waals surface area contributed by atoms with Gasteiger partial charge >= 0.3 is 0 Å². The lowest BCUT2D eigenvalue weighted by Crippen LogP contribution is -2.84. The van der Waals surface area contributed by atoms with Crippen LogP contribution >= 0.6 is 0 Å². The number of hydrogen-bond donors (Lipinski definition) is 3. The molecule has 7 aliphatic rings. The highest BCUT2D eigenvalue weighted by Crippen LogP contribution is 2.77. The zero-order valence-electron chi connectivity index (χ0n) is 19.1. The Bertz CT molecular complexity index is 939. The molecule has 0 aromatic carbocycles. The molecule has 32 heavy (non-hydrogen) atoms. The number of aliphatic hydroxyl groups excluding tert-OH is 2. The van der Waals surface area contributed by atoms with Gasteiger partial charge in [-0.15, -0.1) is 0 Å². The zero-order chi connectivity index (χ0) is 22.8. The predicted octanol–water partition coefficient (Wildman–Crippen LogP) is 2.05. The molecule has 2 spiro atoms. The summed E-state index contributed by atoms with van der Waals surface area (Å²) in [6, 6.07) is 0. The van der Waals surface area contributed by atoms with E-state index in [0.29, 0.717) is 25.0 Å². The largest absolute Gasteiger partial charge is 0.469 e. The molecule has 3 aliphatic heterocycles. The summed E-state index contributed by atoms with van der Waals surface area (Å²) in [4.78, 5) is 13.8. The van der Waals surface area contributed by atoms with Gasteiger partial charge in [-0.25, -0.2) is 0 Å². The summed E-state index contributed by atoms with van der Waals surface area (Å²) in [5.41, 5.74) is -1.27. The van der Waals surface area contributed by atoms with Crippen LogP contribution in [0.1, 0.15) is 52.9 Å². The Labute approximate surface area is 188 Å². The van der Waals surface area contributed by atoms with E-state index in [0.717, 1.165) is 25.0 Å². The molecule has 0 radical (unpaired) electrons. The van der Waals surface area contributed by atoms with Crippen molar-refractivity contribution in [1.82, 2.24) is 0 Å². The average molecular weight is 447 g/mol. The molecule has 0 aromatic rings. The van der Waals surface area contributed by atoms with Gasteiger partial charge in [-0.2, -0.15) is 0 Å². The minimum atomic E-state index is -2.15. The maximum Gasteiger partial charge on any atom is 0.208 e. The number of carbonyl (C=O) groups excluding carboxylic acids is 1. The number of carbonyl (C=O) groups is 1. The summed E-state index contributed by atoms with van der Waals surface area (Å²) in [5.74, 6) is -2.95. The van der Waals surface area contributed by atoms with E-state index >= 15 is 0 Å². The highest BCUT2D eigenvalue weighted by Gasteiger charge is 2.87. The minimum absolute atomic E-state index is 0.149. The van der Waals surface area contributed by atoms with Gasteiger partial charge in [0.05, 0.1) is 18.1 Å². The predicted molar refractivity (Wildman–Crippen MR) is 113 cm³/mol. The quantitative estimate of drug-likeness (QED) is 0.558. The molecule has 0 unspecified atom stereocenters. The number of hydrogen-bond acceptors (Lipinski definition) is 7. The number of allylic oxidation sites excluding steroid dienone is 1. The molecule has 176 valence electrons. The average Bonchev–Trinajstić information content (AvgIpc) is 2.84. The van der Waals surface area contributed by atoms with Crippen LogP contribution in [0.25, 0.3) is 0 Å². The number of ketones is 1. The van der Waals surface area contributed by atoms with E-state index in [-0.39, 0.29) is 30.0 Å². The van der Waals surface area contributed by atoms with Gasteiger partial charge in [0.2, 0.25) is 5.79 Å². The summed E-state index contributed by atoms with van der Waals surface area (Å²) in [7, 11) is 0. The van der Waals surface area contributed by atoms with Gasteiger partial charge in [-0.1, -0.05) is 20.4 Å². The van der Waals surface area contributed by atoms with Gasteiger partial charge in [-0.05, 0) is 55.1 Å². The summed E-state index contributed by atoms with van der Waals surface area (Å²) in [6.07, 6.45) is 0.716. The van der Waals surface area contributed by atoms with Crippen LogP contribution in [0.4, 0.5) is 0 Å². The molecule has 3 heterocycles. The summed E-state index contributed by atoms with van der Waals surface area (Å²) in [6.45, 7) is 10.8. The van der Waals surface area contributed by atoms with Crippen LogP contribution in [0.3, 0.4) is 0 Å². The van der Waals surface area contributed by atoms with Gasteiger partial charge in [0, 0.05) is 24.9 Å². The van der Waals surface area contributed by atoms with Crippen LogP contribution in [0.5, 0.6) is 0 Å². The number of rotatable bonds is 2. The highest BCUT2D eigenvalue weighted by atomic mass is 16.7. The van der Waals surface area contributed by atoms with Gasteiger partial charge in [0.1, 0.15) is 17.3 Å². The molecule has 4 bridgehead atoms. The molecule has 2 saturated heterocycles. The van der Waals surface area contributed by atoms with Crippen molar-refractivity contribution in [3.05, 3.63) is 23.5 Å². The Balaban J connectivity index is 1.62. The molecule has 0 amide bonds. The highest BCUT2D eigenvalue weighted by molar-refractivity contribution is 6.05. The second kappa shape index (κ2) is 6.25. The molecule has 5 fully saturated rings. The van der Waals surface area contributed by atoms with E-state index in [1.807, 2.05) is 6.92 Å². The second-order valence-electron chi connectivity index (χ2n) is 11.5. The van der Waals surface area contributed by atoms with Crippen molar-refractivity contribution in [3.8, 4) is 0 Å². The fraction of sp³-hybridized carbons (Fsp3) is 0.800.